The first-order chi connectivity index (χ1) is 41.4. The van der Waals surface area contributed by atoms with Crippen LogP contribution in [0.1, 0.15) is 84.3 Å². The molecule has 0 saturated carbocycles. The molecule has 1 saturated heterocycles. The van der Waals surface area contributed by atoms with Crippen LogP contribution >= 0.6 is 0 Å². The van der Waals surface area contributed by atoms with Gasteiger partial charge in [-0.15, -0.1) is 5.06 Å². The molecule has 484 valence electrons. The van der Waals surface area contributed by atoms with Crippen LogP contribution in [0.15, 0.2) is 71.3 Å². The average Bonchev–Trinajstić information content (AvgIpc) is 1.58. The second kappa shape index (κ2) is 39.2. The van der Waals surface area contributed by atoms with Crippen LogP contribution in [0.4, 0.5) is 11.4 Å². The number of benzene rings is 2. The quantitative estimate of drug-likeness (QED) is 0.0407. The number of hydrogen-bond acceptors (Lipinski definition) is 21. The van der Waals surface area contributed by atoms with E-state index in [-0.39, 0.29) is 29.6 Å². The third-order valence-corrected chi connectivity index (χ3v) is 14.9. The van der Waals surface area contributed by atoms with Crippen LogP contribution < -0.4 is 14.5 Å². The topological polar surface area (TPSA) is 245 Å². The normalized spacial score (nSPS) is 16.3. The monoisotopic (exact) mass is 1230 g/mol. The molecule has 1 fully saturated rings. The summed E-state index contributed by atoms with van der Waals surface area (Å²) < 4.78 is 108. The summed E-state index contributed by atoms with van der Waals surface area (Å²) in [5.41, 5.74) is 4.54. The Balaban J connectivity index is 1.20. The van der Waals surface area contributed by atoms with Gasteiger partial charge in [-0.25, -0.2) is 4.79 Å². The summed E-state index contributed by atoms with van der Waals surface area (Å²) in [7, 11) is -1.21. The number of methoxy groups -OCH3 is 2. The largest absolute Gasteiger partial charge is 0.482 e. The summed E-state index contributed by atoms with van der Waals surface area (Å²) >= 11 is 0. The number of nitrogens with zero attached hydrogens (tertiary/aromatic N) is 3. The lowest BCUT2D eigenvalue weighted by atomic mass is 9.80. The van der Waals surface area contributed by atoms with Gasteiger partial charge in [0.2, 0.25) is 0 Å². The summed E-state index contributed by atoms with van der Waals surface area (Å²) in [4.78, 5) is 45.6. The standard InChI is InChI=1S/C62H95N3O20S/c1-61(2,3)53-47-50(12-11-13-57-62(4,5)54-48-51(86(69,70)71)16-18-55(54)64(57)21-10-8-9-14-60(68)85-65-58(66)19-20-59(65)67)84-56-46-49(15-17-52(53)56)63(22-24-74-30-32-78-38-40-82-44-42-80-36-34-76-28-26-72-6)23-25-75-31-33-79-39-41-83-45-43-81-37-35-77-29-27-73-7/h11-13,15-18,46-48,50H,8-10,14,19-45H2,1-7H3,(H,69,70,71)/b12-11+,57-13+. The molecule has 86 heavy (non-hydrogen) atoms. The molecule has 0 radical (unpaired) electrons. The van der Waals surface area contributed by atoms with Crippen molar-refractivity contribution in [3.63, 3.8) is 0 Å². The van der Waals surface area contributed by atoms with E-state index in [1.165, 1.54) is 12.1 Å². The lowest BCUT2D eigenvalue weighted by molar-refractivity contribution is -0.197. The molecule has 1 N–H and O–H groups in total. The van der Waals surface area contributed by atoms with Crippen molar-refractivity contribution in [3.8, 4) is 5.75 Å². The number of fused-ring (bicyclic) bond motifs is 2. The number of imide groups is 1. The molecule has 0 aromatic heterocycles. The first kappa shape index (κ1) is 71.8. The Morgan fingerprint density at radius 2 is 1.14 bits per heavy atom. The fraction of sp³-hybridized carbons (Fsp3) is 0.661. The fourth-order valence-corrected chi connectivity index (χ4v) is 10.0. The predicted molar refractivity (Wildman–Crippen MR) is 322 cm³/mol. The van der Waals surface area contributed by atoms with Gasteiger partial charge in [-0.2, -0.15) is 8.42 Å². The van der Waals surface area contributed by atoms with E-state index in [1.54, 1.807) is 20.3 Å². The smallest absolute Gasteiger partial charge is 0.333 e. The minimum atomic E-state index is -4.48. The zero-order valence-electron chi connectivity index (χ0n) is 51.7. The van der Waals surface area contributed by atoms with Crippen LogP contribution in [0.25, 0.3) is 5.57 Å². The van der Waals surface area contributed by atoms with Gasteiger partial charge in [0.1, 0.15) is 11.9 Å². The molecule has 5 rings (SSSR count). The molecule has 2 amide bonds. The molecular formula is C62H95N3O20S. The lowest BCUT2D eigenvalue weighted by Gasteiger charge is -2.33. The van der Waals surface area contributed by atoms with E-state index in [4.69, 9.17) is 66.4 Å². The summed E-state index contributed by atoms with van der Waals surface area (Å²) in [6, 6.07) is 10.9. The van der Waals surface area contributed by atoms with Gasteiger partial charge in [-0.05, 0) is 78.0 Å². The Kier molecular flexibility index (Phi) is 32.7. The van der Waals surface area contributed by atoms with E-state index >= 15 is 0 Å². The van der Waals surface area contributed by atoms with Gasteiger partial charge in [-0.3, -0.25) is 14.1 Å². The van der Waals surface area contributed by atoms with E-state index in [9.17, 15) is 27.4 Å². The molecule has 3 heterocycles. The number of ether oxygens (including phenoxy) is 13. The molecule has 1 unspecified atom stereocenters. The molecule has 1 atom stereocenters. The summed E-state index contributed by atoms with van der Waals surface area (Å²) in [6.45, 7) is 22.5. The number of carbonyl (C=O) groups excluding carboxylic acids is 3. The minimum absolute atomic E-state index is 0.0213. The maximum Gasteiger partial charge on any atom is 0.333 e. The SMILES string of the molecule is COCCOCCOCCOCCOCCOCCN(CCOCCOCCOCCOCCOCCOC)c1ccc2c(c1)OC(/C=C/C=C1/N(CCCCCC(=O)ON3C(=O)CCC3=O)c3ccc(S(=O)(=O)O)cc3C1(C)C)C=C2C(C)(C)C. The number of anilines is 2. The van der Waals surface area contributed by atoms with Gasteiger partial charge in [-0.1, -0.05) is 47.1 Å². The van der Waals surface area contributed by atoms with Crippen molar-refractivity contribution in [2.24, 2.45) is 5.41 Å². The van der Waals surface area contributed by atoms with Gasteiger partial charge in [0.25, 0.3) is 21.9 Å². The van der Waals surface area contributed by atoms with Gasteiger partial charge in [0.05, 0.1) is 150 Å². The highest BCUT2D eigenvalue weighted by atomic mass is 32.2. The van der Waals surface area contributed by atoms with Crippen molar-refractivity contribution in [2.45, 2.75) is 89.6 Å². The molecule has 0 spiro atoms. The summed E-state index contributed by atoms with van der Waals surface area (Å²) in [5, 5.41) is 0.559. The van der Waals surface area contributed by atoms with Crippen LogP contribution in [0.3, 0.4) is 0 Å². The van der Waals surface area contributed by atoms with Gasteiger partial charge < -0.3 is 76.2 Å². The van der Waals surface area contributed by atoms with E-state index in [0.29, 0.717) is 189 Å². The van der Waals surface area contributed by atoms with Crippen LogP contribution in [0.2, 0.25) is 0 Å². The molecule has 23 nitrogen and oxygen atoms in total. The summed E-state index contributed by atoms with van der Waals surface area (Å²) in [6.07, 6.45) is 9.45. The van der Waals surface area contributed by atoms with Crippen molar-refractivity contribution < 1.29 is 93.8 Å². The number of carbonyl (C=O) groups is 3. The lowest BCUT2D eigenvalue weighted by Crippen LogP contribution is -2.32. The Labute approximate surface area is 509 Å². The number of hydroxylamine groups is 2. The van der Waals surface area contributed by atoms with Crippen LogP contribution in [-0.4, -0.2) is 221 Å². The molecule has 3 aliphatic rings. The Morgan fingerprint density at radius 3 is 1.60 bits per heavy atom. The Morgan fingerprint density at radius 1 is 0.663 bits per heavy atom. The van der Waals surface area contributed by atoms with Gasteiger partial charge in [0.15, 0.2) is 0 Å². The third kappa shape index (κ3) is 25.3. The number of amides is 2. The second-order valence-corrected chi connectivity index (χ2v) is 23.3. The van der Waals surface area contributed by atoms with E-state index in [0.717, 1.165) is 39.5 Å². The molecular weight excluding hydrogens is 1140 g/mol. The number of hydrogen-bond donors (Lipinski definition) is 1. The highest BCUT2D eigenvalue weighted by Crippen LogP contribution is 2.49. The molecule has 24 heteroatoms. The zero-order chi connectivity index (χ0) is 62.1. The molecule has 3 aliphatic heterocycles. The Hall–Kier alpha value is -4.90. The molecule has 0 bridgehead atoms. The van der Waals surface area contributed by atoms with E-state index in [1.807, 2.05) is 32.1 Å². The number of rotatable bonds is 47. The average molecular weight is 1230 g/mol. The van der Waals surface area contributed by atoms with Crippen molar-refractivity contribution in [1.29, 1.82) is 0 Å². The maximum absolute atomic E-state index is 12.5. The van der Waals surface area contributed by atoms with Crippen molar-refractivity contribution in [3.05, 3.63) is 77.5 Å². The first-order valence-corrected chi connectivity index (χ1v) is 31.3. The van der Waals surface area contributed by atoms with Crippen molar-refractivity contribution >= 4 is 44.8 Å². The van der Waals surface area contributed by atoms with Crippen LogP contribution in [0.5, 0.6) is 5.75 Å². The van der Waals surface area contributed by atoms with Crippen LogP contribution in [0, 0.1) is 5.41 Å². The molecule has 2 aromatic carbocycles. The number of allylic oxidation sites excluding steroid dienone is 4. The minimum Gasteiger partial charge on any atom is -0.482 e. The maximum atomic E-state index is 12.5. The zero-order valence-corrected chi connectivity index (χ0v) is 52.5. The first-order valence-electron chi connectivity index (χ1n) is 29.8. The summed E-state index contributed by atoms with van der Waals surface area (Å²) in [5.74, 6) is -0.977. The highest BCUT2D eigenvalue weighted by Gasteiger charge is 2.41. The third-order valence-electron chi connectivity index (χ3n) is 14.1. The molecule has 0 aliphatic carbocycles. The van der Waals surface area contributed by atoms with Crippen molar-refractivity contribution in [2.75, 3.05) is 189 Å². The van der Waals surface area contributed by atoms with Gasteiger partial charge >= 0.3 is 5.97 Å². The molecule has 2 aromatic rings. The predicted octanol–water partition coefficient (Wildman–Crippen LogP) is 6.79. The number of unbranched alkanes of at least 4 members (excludes halogenated alkanes) is 2. The van der Waals surface area contributed by atoms with Crippen LogP contribution in [-0.2, 0) is 91.6 Å². The Bertz CT molecular complexity index is 2500. The fourth-order valence-electron chi connectivity index (χ4n) is 9.51. The van der Waals surface area contributed by atoms with E-state index in [2.05, 4.69) is 54.8 Å². The highest BCUT2D eigenvalue weighted by molar-refractivity contribution is 7.85. The second-order valence-electron chi connectivity index (χ2n) is 21.9. The van der Waals surface area contributed by atoms with E-state index < -0.39 is 39.4 Å². The van der Waals surface area contributed by atoms with Crippen molar-refractivity contribution in [1.82, 2.24) is 5.06 Å². The van der Waals surface area contributed by atoms with Gasteiger partial charge in [0, 0.05) is 87.2 Å².